The summed E-state index contributed by atoms with van der Waals surface area (Å²) in [6.07, 6.45) is 5.45. The lowest BCUT2D eigenvalue weighted by atomic mass is 10.2. The molecule has 20 heavy (non-hydrogen) atoms. The van der Waals surface area contributed by atoms with Gasteiger partial charge in [-0.15, -0.1) is 0 Å². The fourth-order valence-corrected chi connectivity index (χ4v) is 2.47. The lowest BCUT2D eigenvalue weighted by Crippen LogP contribution is -2.32. The summed E-state index contributed by atoms with van der Waals surface area (Å²) < 4.78 is 5.72. The molecule has 3 rings (SSSR count). The van der Waals surface area contributed by atoms with Gasteiger partial charge < -0.3 is 9.84 Å². The van der Waals surface area contributed by atoms with E-state index >= 15 is 0 Å². The van der Waals surface area contributed by atoms with Crippen molar-refractivity contribution < 1.29 is 14.6 Å². The van der Waals surface area contributed by atoms with Gasteiger partial charge in [-0.1, -0.05) is 0 Å². The number of carbonyl (C=O) groups is 1. The molecule has 4 heteroatoms. The van der Waals surface area contributed by atoms with Gasteiger partial charge in [-0.2, -0.15) is 0 Å². The Hall–Kier alpha value is -1.55. The summed E-state index contributed by atoms with van der Waals surface area (Å²) in [5.74, 6) is 0.767. The molecule has 2 saturated carbocycles. The van der Waals surface area contributed by atoms with Crippen LogP contribution in [0.2, 0.25) is 0 Å². The molecule has 0 bridgehead atoms. The van der Waals surface area contributed by atoms with Gasteiger partial charge >= 0.3 is 5.97 Å². The van der Waals surface area contributed by atoms with Crippen LogP contribution in [0.4, 0.5) is 0 Å². The van der Waals surface area contributed by atoms with Crippen LogP contribution in [0.3, 0.4) is 0 Å². The minimum Gasteiger partial charge on any atom is -0.492 e. The van der Waals surface area contributed by atoms with Gasteiger partial charge in [-0.05, 0) is 55.9 Å². The molecule has 0 radical (unpaired) electrons. The average Bonchev–Trinajstić information content (AvgIpc) is 3.31. The number of aromatic carboxylic acids is 1. The zero-order valence-corrected chi connectivity index (χ0v) is 11.6. The molecule has 0 saturated heterocycles. The van der Waals surface area contributed by atoms with Crippen LogP contribution < -0.4 is 4.74 Å². The zero-order chi connectivity index (χ0) is 13.9. The summed E-state index contributed by atoms with van der Waals surface area (Å²) in [7, 11) is 0. The number of benzene rings is 1. The van der Waals surface area contributed by atoms with Crippen molar-refractivity contribution in [1.29, 1.82) is 0 Å². The average molecular weight is 275 g/mol. The first kappa shape index (κ1) is 13.4. The van der Waals surface area contributed by atoms with Crippen LogP contribution in [-0.4, -0.2) is 41.7 Å². The van der Waals surface area contributed by atoms with E-state index in [-0.39, 0.29) is 0 Å². The Kier molecular flexibility index (Phi) is 3.92. The van der Waals surface area contributed by atoms with Gasteiger partial charge in [-0.25, -0.2) is 4.79 Å². The lowest BCUT2D eigenvalue weighted by Gasteiger charge is -2.21. The van der Waals surface area contributed by atoms with Crippen LogP contribution in [0.25, 0.3) is 0 Å². The van der Waals surface area contributed by atoms with E-state index in [0.717, 1.165) is 24.3 Å². The van der Waals surface area contributed by atoms with Crippen molar-refractivity contribution in [3.8, 4) is 5.75 Å². The van der Waals surface area contributed by atoms with E-state index in [2.05, 4.69) is 4.90 Å². The number of rotatable bonds is 8. The maximum absolute atomic E-state index is 10.8. The SMILES string of the molecule is O=C(O)c1ccc(OCCN(CC2CC2)C2CC2)cc1. The molecular formula is C16H21NO3. The second-order valence-corrected chi connectivity index (χ2v) is 5.85. The van der Waals surface area contributed by atoms with Gasteiger partial charge in [0.15, 0.2) is 0 Å². The number of nitrogens with zero attached hydrogens (tertiary/aromatic N) is 1. The van der Waals surface area contributed by atoms with Gasteiger partial charge in [0.1, 0.15) is 12.4 Å². The van der Waals surface area contributed by atoms with Crippen molar-refractivity contribution in [3.05, 3.63) is 29.8 Å². The minimum absolute atomic E-state index is 0.297. The third kappa shape index (κ3) is 3.73. The standard InChI is InChI=1S/C16H21NO3/c18-16(19)13-3-7-15(8-4-13)20-10-9-17(14-5-6-14)11-12-1-2-12/h3-4,7-8,12,14H,1-2,5-6,9-11H2,(H,18,19). The normalized spacial score (nSPS) is 18.2. The number of hydrogen-bond donors (Lipinski definition) is 1. The Morgan fingerprint density at radius 3 is 2.45 bits per heavy atom. The molecule has 0 spiro atoms. The molecule has 0 aromatic heterocycles. The highest BCUT2D eigenvalue weighted by atomic mass is 16.5. The Balaban J connectivity index is 1.44. The molecule has 2 fully saturated rings. The molecule has 2 aliphatic carbocycles. The third-order valence-corrected chi connectivity index (χ3v) is 4.00. The highest BCUT2D eigenvalue weighted by molar-refractivity contribution is 5.87. The van der Waals surface area contributed by atoms with Crippen LogP contribution in [0.5, 0.6) is 5.75 Å². The lowest BCUT2D eigenvalue weighted by molar-refractivity contribution is 0.0697. The molecule has 4 nitrogen and oxygen atoms in total. The first-order valence-corrected chi connectivity index (χ1v) is 7.42. The van der Waals surface area contributed by atoms with Crippen molar-refractivity contribution >= 4 is 5.97 Å². The van der Waals surface area contributed by atoms with Crippen LogP contribution >= 0.6 is 0 Å². The third-order valence-electron chi connectivity index (χ3n) is 4.00. The Morgan fingerprint density at radius 2 is 1.90 bits per heavy atom. The van der Waals surface area contributed by atoms with Crippen molar-refractivity contribution in [2.45, 2.75) is 31.7 Å². The molecule has 0 amide bonds. The van der Waals surface area contributed by atoms with E-state index in [1.807, 2.05) is 0 Å². The summed E-state index contributed by atoms with van der Waals surface area (Å²) in [6, 6.07) is 7.41. The topological polar surface area (TPSA) is 49.8 Å². The maximum atomic E-state index is 10.8. The summed E-state index contributed by atoms with van der Waals surface area (Å²) in [5, 5.41) is 8.83. The number of hydrogen-bond acceptors (Lipinski definition) is 3. The molecule has 0 atom stereocenters. The summed E-state index contributed by atoms with van der Waals surface area (Å²) in [4.78, 5) is 13.3. The number of ether oxygens (including phenoxy) is 1. The van der Waals surface area contributed by atoms with Gasteiger partial charge in [0.05, 0.1) is 5.56 Å². The van der Waals surface area contributed by atoms with Gasteiger partial charge in [0.2, 0.25) is 0 Å². The van der Waals surface area contributed by atoms with Crippen LogP contribution in [0.1, 0.15) is 36.0 Å². The molecule has 1 N–H and O–H groups in total. The summed E-state index contributed by atoms with van der Waals surface area (Å²) in [6.45, 7) is 2.88. The van der Waals surface area contributed by atoms with Crippen LogP contribution in [0.15, 0.2) is 24.3 Å². The molecule has 2 aliphatic rings. The van der Waals surface area contributed by atoms with Gasteiger partial charge in [0, 0.05) is 19.1 Å². The Morgan fingerprint density at radius 1 is 1.20 bits per heavy atom. The second-order valence-electron chi connectivity index (χ2n) is 5.85. The van der Waals surface area contributed by atoms with E-state index in [1.165, 1.54) is 32.2 Å². The molecule has 0 heterocycles. The van der Waals surface area contributed by atoms with E-state index in [4.69, 9.17) is 9.84 Å². The number of carboxylic acids is 1. The largest absolute Gasteiger partial charge is 0.492 e. The fraction of sp³-hybridized carbons (Fsp3) is 0.562. The fourth-order valence-electron chi connectivity index (χ4n) is 2.47. The minimum atomic E-state index is -0.902. The first-order chi connectivity index (χ1) is 9.72. The van der Waals surface area contributed by atoms with Gasteiger partial charge in [0.25, 0.3) is 0 Å². The van der Waals surface area contributed by atoms with Crippen molar-refractivity contribution in [3.63, 3.8) is 0 Å². The van der Waals surface area contributed by atoms with Crippen molar-refractivity contribution in [2.75, 3.05) is 19.7 Å². The maximum Gasteiger partial charge on any atom is 0.335 e. The van der Waals surface area contributed by atoms with Crippen LogP contribution in [-0.2, 0) is 0 Å². The van der Waals surface area contributed by atoms with E-state index in [9.17, 15) is 4.79 Å². The predicted octanol–water partition coefficient (Wildman–Crippen LogP) is 2.64. The quantitative estimate of drug-likeness (QED) is 0.792. The Labute approximate surface area is 119 Å². The summed E-state index contributed by atoms with van der Waals surface area (Å²) >= 11 is 0. The van der Waals surface area contributed by atoms with E-state index in [1.54, 1.807) is 24.3 Å². The van der Waals surface area contributed by atoms with Crippen molar-refractivity contribution in [2.24, 2.45) is 5.92 Å². The smallest absolute Gasteiger partial charge is 0.335 e. The van der Waals surface area contributed by atoms with Crippen LogP contribution in [0, 0.1) is 5.92 Å². The molecule has 1 aromatic rings. The summed E-state index contributed by atoms with van der Waals surface area (Å²) in [5.41, 5.74) is 0.297. The second kappa shape index (κ2) is 5.83. The highest BCUT2D eigenvalue weighted by Gasteiger charge is 2.33. The number of carboxylic acid groups (broad SMARTS) is 1. The molecule has 1 aromatic carbocycles. The predicted molar refractivity (Wildman–Crippen MR) is 76.2 cm³/mol. The zero-order valence-electron chi connectivity index (χ0n) is 11.6. The first-order valence-electron chi connectivity index (χ1n) is 7.42. The molecule has 0 aliphatic heterocycles. The molecular weight excluding hydrogens is 254 g/mol. The van der Waals surface area contributed by atoms with Gasteiger partial charge in [-0.3, -0.25) is 4.90 Å². The molecule has 0 unspecified atom stereocenters. The van der Waals surface area contributed by atoms with Crippen molar-refractivity contribution in [1.82, 2.24) is 4.90 Å². The molecule has 108 valence electrons. The monoisotopic (exact) mass is 275 g/mol. The van der Waals surface area contributed by atoms with E-state index < -0.39 is 5.97 Å². The Bertz CT molecular complexity index is 463. The highest BCUT2D eigenvalue weighted by Crippen LogP contribution is 2.34. The van der Waals surface area contributed by atoms with E-state index in [0.29, 0.717) is 12.2 Å².